The van der Waals surface area contributed by atoms with Gasteiger partial charge in [-0.2, -0.15) is 0 Å². The van der Waals surface area contributed by atoms with Gasteiger partial charge in [-0.1, -0.05) is 39.5 Å². The van der Waals surface area contributed by atoms with Crippen molar-refractivity contribution >= 4 is 0 Å². The zero-order valence-corrected chi connectivity index (χ0v) is 10.5. The zero-order chi connectivity index (χ0) is 10.7. The lowest BCUT2D eigenvalue weighted by Gasteiger charge is -2.37. The van der Waals surface area contributed by atoms with Crippen LogP contribution in [0.2, 0.25) is 0 Å². The van der Waals surface area contributed by atoms with Gasteiger partial charge in [-0.15, -0.1) is 0 Å². The molecule has 1 saturated carbocycles. The number of hydrogen-bond acceptors (Lipinski definition) is 1. The van der Waals surface area contributed by atoms with E-state index in [1.807, 2.05) is 0 Å². The summed E-state index contributed by atoms with van der Waals surface area (Å²) in [5.74, 6) is 2.92. The largest absolute Gasteiger partial charge is 0.314 e. The molecule has 88 valence electrons. The Bertz CT molecular complexity index is 188. The molecule has 0 aromatic rings. The summed E-state index contributed by atoms with van der Waals surface area (Å²) in [5.41, 5.74) is 0. The number of hydrogen-bond donors (Lipinski definition) is 1. The van der Waals surface area contributed by atoms with Gasteiger partial charge >= 0.3 is 0 Å². The molecule has 2 fully saturated rings. The maximum atomic E-state index is 3.78. The fraction of sp³-hybridized carbons (Fsp3) is 1.00. The van der Waals surface area contributed by atoms with Crippen molar-refractivity contribution < 1.29 is 0 Å². The molecule has 0 amide bonds. The van der Waals surface area contributed by atoms with Gasteiger partial charge < -0.3 is 5.32 Å². The van der Waals surface area contributed by atoms with Crippen LogP contribution in [0, 0.1) is 17.8 Å². The second-order valence-corrected chi connectivity index (χ2v) is 6.13. The highest BCUT2D eigenvalue weighted by molar-refractivity contribution is 4.86. The van der Waals surface area contributed by atoms with E-state index in [0.717, 1.165) is 23.8 Å². The molecule has 3 unspecified atom stereocenters. The molecule has 0 aromatic heterocycles. The summed E-state index contributed by atoms with van der Waals surface area (Å²) in [5, 5.41) is 3.78. The minimum absolute atomic E-state index is 0.823. The van der Waals surface area contributed by atoms with Gasteiger partial charge in [-0.25, -0.2) is 0 Å². The molecule has 2 rings (SSSR count). The number of piperidine rings is 1. The summed E-state index contributed by atoms with van der Waals surface area (Å²) in [6, 6.07) is 0.823. The monoisotopic (exact) mass is 209 g/mol. The van der Waals surface area contributed by atoms with E-state index in [1.54, 1.807) is 0 Å². The first-order chi connectivity index (χ1) is 7.25. The van der Waals surface area contributed by atoms with Crippen molar-refractivity contribution in [3.8, 4) is 0 Å². The molecular weight excluding hydrogens is 182 g/mol. The molecule has 1 heterocycles. The molecular formula is C14H27N. The Morgan fingerprint density at radius 2 is 1.80 bits per heavy atom. The normalized spacial score (nSPS) is 37.4. The number of rotatable bonds is 2. The highest BCUT2D eigenvalue weighted by atomic mass is 14.9. The predicted molar refractivity (Wildman–Crippen MR) is 65.9 cm³/mol. The van der Waals surface area contributed by atoms with Gasteiger partial charge in [-0.3, -0.25) is 0 Å². The van der Waals surface area contributed by atoms with Crippen LogP contribution < -0.4 is 5.32 Å². The number of nitrogens with one attached hydrogen (secondary N) is 1. The minimum atomic E-state index is 0.823. The second-order valence-electron chi connectivity index (χ2n) is 6.13. The third-order valence-corrected chi connectivity index (χ3v) is 4.33. The smallest absolute Gasteiger partial charge is 0.00723 e. The van der Waals surface area contributed by atoms with Crippen molar-refractivity contribution in [2.45, 2.75) is 64.8 Å². The highest BCUT2D eigenvalue weighted by Gasteiger charge is 2.30. The highest BCUT2D eigenvalue weighted by Crippen LogP contribution is 2.35. The molecule has 1 heteroatoms. The van der Waals surface area contributed by atoms with Crippen molar-refractivity contribution in [1.82, 2.24) is 5.32 Å². The van der Waals surface area contributed by atoms with E-state index in [4.69, 9.17) is 0 Å². The van der Waals surface area contributed by atoms with E-state index in [1.165, 1.54) is 51.5 Å². The maximum absolute atomic E-state index is 3.78. The van der Waals surface area contributed by atoms with Crippen LogP contribution in [-0.4, -0.2) is 12.6 Å². The Morgan fingerprint density at radius 1 is 1.07 bits per heavy atom. The van der Waals surface area contributed by atoms with Crippen LogP contribution in [0.15, 0.2) is 0 Å². The first-order valence-corrected chi connectivity index (χ1v) is 6.99. The lowest BCUT2D eigenvalue weighted by atomic mass is 9.78. The summed E-state index contributed by atoms with van der Waals surface area (Å²) in [4.78, 5) is 0. The third kappa shape index (κ3) is 3.21. The quantitative estimate of drug-likeness (QED) is 0.733. The van der Waals surface area contributed by atoms with Crippen LogP contribution in [0.5, 0.6) is 0 Å². The van der Waals surface area contributed by atoms with Crippen molar-refractivity contribution in [2.75, 3.05) is 6.54 Å². The Morgan fingerprint density at radius 3 is 2.53 bits per heavy atom. The molecule has 1 N–H and O–H groups in total. The lowest BCUT2D eigenvalue weighted by Crippen LogP contribution is -2.44. The van der Waals surface area contributed by atoms with Gasteiger partial charge in [0.1, 0.15) is 0 Å². The van der Waals surface area contributed by atoms with Gasteiger partial charge in [0.05, 0.1) is 0 Å². The SMILES string of the molecule is CC(C)CC1CC2CCCCCC2CN1. The van der Waals surface area contributed by atoms with E-state index in [9.17, 15) is 0 Å². The Kier molecular flexibility index (Phi) is 4.07. The standard InChI is InChI=1S/C14H27N/c1-11(2)8-14-9-12-6-4-3-5-7-13(12)10-15-14/h11-15H,3-10H2,1-2H3. The van der Waals surface area contributed by atoms with Crippen molar-refractivity contribution in [1.29, 1.82) is 0 Å². The summed E-state index contributed by atoms with van der Waals surface area (Å²) >= 11 is 0. The first kappa shape index (κ1) is 11.4. The molecule has 1 aliphatic heterocycles. The van der Waals surface area contributed by atoms with Crippen LogP contribution in [0.25, 0.3) is 0 Å². The Hall–Kier alpha value is -0.0400. The molecule has 2 aliphatic rings. The van der Waals surface area contributed by atoms with E-state index in [0.29, 0.717) is 0 Å². The maximum Gasteiger partial charge on any atom is 0.00723 e. The van der Waals surface area contributed by atoms with Crippen LogP contribution >= 0.6 is 0 Å². The summed E-state index contributed by atoms with van der Waals surface area (Å²) in [6.07, 6.45) is 10.3. The summed E-state index contributed by atoms with van der Waals surface area (Å²) < 4.78 is 0. The fourth-order valence-electron chi connectivity index (χ4n) is 3.56. The molecule has 3 atom stereocenters. The van der Waals surface area contributed by atoms with Gasteiger partial charge in [-0.05, 0) is 43.6 Å². The molecule has 0 radical (unpaired) electrons. The topological polar surface area (TPSA) is 12.0 Å². The average Bonchev–Trinajstić information content (AvgIpc) is 2.41. The molecule has 0 bridgehead atoms. The Balaban J connectivity index is 1.86. The molecule has 0 spiro atoms. The van der Waals surface area contributed by atoms with Gasteiger partial charge in [0.15, 0.2) is 0 Å². The summed E-state index contributed by atoms with van der Waals surface area (Å²) in [7, 11) is 0. The van der Waals surface area contributed by atoms with Crippen LogP contribution in [-0.2, 0) is 0 Å². The van der Waals surface area contributed by atoms with Crippen LogP contribution in [0.4, 0.5) is 0 Å². The molecule has 0 aromatic carbocycles. The van der Waals surface area contributed by atoms with Crippen molar-refractivity contribution in [3.05, 3.63) is 0 Å². The number of fused-ring (bicyclic) bond motifs is 1. The van der Waals surface area contributed by atoms with E-state index >= 15 is 0 Å². The average molecular weight is 209 g/mol. The van der Waals surface area contributed by atoms with E-state index in [-0.39, 0.29) is 0 Å². The van der Waals surface area contributed by atoms with Crippen LogP contribution in [0.3, 0.4) is 0 Å². The minimum Gasteiger partial charge on any atom is -0.314 e. The lowest BCUT2D eigenvalue weighted by molar-refractivity contribution is 0.184. The first-order valence-electron chi connectivity index (χ1n) is 6.99. The van der Waals surface area contributed by atoms with Crippen LogP contribution in [0.1, 0.15) is 58.8 Å². The fourth-order valence-corrected chi connectivity index (χ4v) is 3.56. The second kappa shape index (κ2) is 5.34. The molecule has 1 aliphatic carbocycles. The van der Waals surface area contributed by atoms with E-state index in [2.05, 4.69) is 19.2 Å². The third-order valence-electron chi connectivity index (χ3n) is 4.33. The van der Waals surface area contributed by atoms with Gasteiger partial charge in [0, 0.05) is 6.04 Å². The van der Waals surface area contributed by atoms with Crippen molar-refractivity contribution in [3.63, 3.8) is 0 Å². The van der Waals surface area contributed by atoms with Gasteiger partial charge in [0.2, 0.25) is 0 Å². The molecule has 1 saturated heterocycles. The molecule has 15 heavy (non-hydrogen) atoms. The van der Waals surface area contributed by atoms with Crippen molar-refractivity contribution in [2.24, 2.45) is 17.8 Å². The Labute approximate surface area is 95.0 Å². The predicted octanol–water partition coefficient (Wildman–Crippen LogP) is 3.59. The molecule has 1 nitrogen and oxygen atoms in total. The zero-order valence-electron chi connectivity index (χ0n) is 10.5. The van der Waals surface area contributed by atoms with E-state index < -0.39 is 0 Å². The summed E-state index contributed by atoms with van der Waals surface area (Å²) in [6.45, 7) is 6.00. The van der Waals surface area contributed by atoms with Gasteiger partial charge in [0.25, 0.3) is 0 Å².